The summed E-state index contributed by atoms with van der Waals surface area (Å²) in [7, 11) is 2.07. The fraction of sp³-hybridized carbons (Fsp3) is 0.487. The van der Waals surface area contributed by atoms with Crippen LogP contribution in [-0.4, -0.2) is 11.7 Å². The lowest BCUT2D eigenvalue weighted by Crippen LogP contribution is -2.02. The highest BCUT2D eigenvalue weighted by molar-refractivity contribution is 5.73. The molecule has 0 heterocycles. The average molecular weight is 552 g/mol. The molecular formula is C39H55N2+. The zero-order valence-electron chi connectivity index (χ0n) is 26.9. The van der Waals surface area contributed by atoms with Gasteiger partial charge in [0.1, 0.15) is 5.69 Å². The van der Waals surface area contributed by atoms with E-state index in [4.69, 9.17) is 5.11 Å². The second-order valence-corrected chi connectivity index (χ2v) is 11.8. The van der Waals surface area contributed by atoms with Crippen molar-refractivity contribution in [1.82, 2.24) is 0 Å². The van der Waals surface area contributed by atoms with Gasteiger partial charge in [-0.3, -0.25) is 0 Å². The molecule has 3 aromatic carbocycles. The van der Waals surface area contributed by atoms with Gasteiger partial charge >= 0.3 is 0 Å². The lowest BCUT2D eigenvalue weighted by Gasteiger charge is -2.17. The maximum absolute atomic E-state index is 4.99. The highest BCUT2D eigenvalue weighted by Gasteiger charge is 2.14. The number of allylic oxidation sites excluding steroid dienone is 1. The van der Waals surface area contributed by atoms with Crippen LogP contribution in [0.4, 0.5) is 5.69 Å². The standard InChI is InChI=1S/C39H55N2/c1-7-10-13-16-23-35-30-37(26-25-31(35)4)40-41(6)32(5)27-33-28-36(20-12-9-3)38(24-19-14-11-8-2)39(29-33)34-21-17-15-18-22-34/h15,17-18,21-22,25-30H,7-14,16,19-20,23-24H2,1-6H3/q+1. The van der Waals surface area contributed by atoms with Crippen molar-refractivity contribution in [1.29, 1.82) is 0 Å². The molecule has 0 aliphatic rings. The Morgan fingerprint density at radius 2 is 1.37 bits per heavy atom. The monoisotopic (exact) mass is 551 g/mol. The number of benzene rings is 3. The van der Waals surface area contributed by atoms with Gasteiger partial charge in [-0.1, -0.05) is 113 Å². The minimum Gasteiger partial charge on any atom is -0.0909 e. The van der Waals surface area contributed by atoms with Crippen LogP contribution in [0, 0.1) is 6.92 Å². The van der Waals surface area contributed by atoms with E-state index in [0.717, 1.165) is 30.6 Å². The molecule has 0 N–H and O–H groups in total. The summed E-state index contributed by atoms with van der Waals surface area (Å²) in [6, 6.07) is 22.5. The van der Waals surface area contributed by atoms with Crippen LogP contribution < -0.4 is 0 Å². The van der Waals surface area contributed by atoms with E-state index in [-0.39, 0.29) is 0 Å². The summed E-state index contributed by atoms with van der Waals surface area (Å²) < 4.78 is 2.04. The van der Waals surface area contributed by atoms with Gasteiger partial charge in [-0.05, 0) is 108 Å². The van der Waals surface area contributed by atoms with Crippen molar-refractivity contribution >= 4 is 11.8 Å². The first-order chi connectivity index (χ1) is 20.0. The predicted molar refractivity (Wildman–Crippen MR) is 179 cm³/mol. The fourth-order valence-corrected chi connectivity index (χ4v) is 5.65. The van der Waals surface area contributed by atoms with Crippen molar-refractivity contribution in [3.63, 3.8) is 0 Å². The number of aryl methyl sites for hydroxylation is 3. The molecule has 3 aromatic rings. The van der Waals surface area contributed by atoms with Crippen LogP contribution in [-0.2, 0) is 19.3 Å². The first-order valence-corrected chi connectivity index (χ1v) is 16.4. The van der Waals surface area contributed by atoms with Crippen molar-refractivity contribution in [2.45, 2.75) is 118 Å². The van der Waals surface area contributed by atoms with E-state index in [1.807, 2.05) is 4.70 Å². The maximum atomic E-state index is 4.99. The Bertz CT molecular complexity index is 1270. The Kier molecular flexibility index (Phi) is 14.1. The molecule has 0 atom stereocenters. The molecule has 41 heavy (non-hydrogen) atoms. The van der Waals surface area contributed by atoms with Crippen molar-refractivity contribution in [3.8, 4) is 11.1 Å². The smallest absolute Gasteiger partial charge is 0.0909 e. The molecule has 2 nitrogen and oxygen atoms in total. The lowest BCUT2D eigenvalue weighted by molar-refractivity contribution is -0.510. The van der Waals surface area contributed by atoms with Gasteiger partial charge in [-0.25, -0.2) is 0 Å². The fourth-order valence-electron chi connectivity index (χ4n) is 5.65. The van der Waals surface area contributed by atoms with Gasteiger partial charge in [0.2, 0.25) is 5.70 Å². The summed E-state index contributed by atoms with van der Waals surface area (Å²) in [5.41, 5.74) is 12.1. The highest BCUT2D eigenvalue weighted by atomic mass is 15.2. The quantitative estimate of drug-likeness (QED) is 0.0900. The van der Waals surface area contributed by atoms with E-state index >= 15 is 0 Å². The summed E-state index contributed by atoms with van der Waals surface area (Å²) in [6.45, 7) is 11.3. The molecule has 0 unspecified atom stereocenters. The Morgan fingerprint density at radius 1 is 0.707 bits per heavy atom. The van der Waals surface area contributed by atoms with Gasteiger partial charge in [0.15, 0.2) is 7.05 Å². The van der Waals surface area contributed by atoms with Crippen LogP contribution >= 0.6 is 0 Å². The molecule has 2 heteroatoms. The van der Waals surface area contributed by atoms with E-state index in [2.05, 4.69) is 108 Å². The van der Waals surface area contributed by atoms with Crippen molar-refractivity contribution in [3.05, 3.63) is 94.2 Å². The number of nitrogens with zero attached hydrogens (tertiary/aromatic N) is 2. The molecule has 0 fully saturated rings. The summed E-state index contributed by atoms with van der Waals surface area (Å²) in [5, 5.41) is 4.99. The molecule has 220 valence electrons. The molecular weight excluding hydrogens is 496 g/mol. The minimum absolute atomic E-state index is 1.03. The average Bonchev–Trinajstić information content (AvgIpc) is 2.98. The summed E-state index contributed by atoms with van der Waals surface area (Å²) >= 11 is 0. The lowest BCUT2D eigenvalue weighted by atomic mass is 9.87. The molecule has 3 rings (SSSR count). The topological polar surface area (TPSA) is 15.4 Å². The summed E-state index contributed by atoms with van der Waals surface area (Å²) in [4.78, 5) is 0. The van der Waals surface area contributed by atoms with Gasteiger partial charge in [-0.2, -0.15) is 0 Å². The molecule has 0 radical (unpaired) electrons. The summed E-state index contributed by atoms with van der Waals surface area (Å²) in [6.07, 6.45) is 18.5. The van der Waals surface area contributed by atoms with Crippen LogP contribution in [0.15, 0.2) is 71.5 Å². The van der Waals surface area contributed by atoms with Gasteiger partial charge in [0, 0.05) is 13.0 Å². The zero-order chi connectivity index (χ0) is 29.5. The molecule has 0 aliphatic heterocycles. The first kappa shape index (κ1) is 32.5. The van der Waals surface area contributed by atoms with Crippen LogP contribution in [0.1, 0.15) is 120 Å². The Morgan fingerprint density at radius 3 is 2.05 bits per heavy atom. The van der Waals surface area contributed by atoms with Crippen LogP contribution in [0.5, 0.6) is 0 Å². The van der Waals surface area contributed by atoms with Gasteiger partial charge in [0.05, 0.1) is 0 Å². The predicted octanol–water partition coefficient (Wildman–Crippen LogP) is 12.0. The third-order valence-electron chi connectivity index (χ3n) is 8.31. The van der Waals surface area contributed by atoms with Crippen molar-refractivity contribution in [2.75, 3.05) is 7.05 Å². The van der Waals surface area contributed by atoms with E-state index in [9.17, 15) is 0 Å². The largest absolute Gasteiger partial charge is 0.205 e. The Labute approximate surface area is 251 Å². The number of hydrogen-bond acceptors (Lipinski definition) is 1. The van der Waals surface area contributed by atoms with Gasteiger partial charge < -0.3 is 0 Å². The second-order valence-electron chi connectivity index (χ2n) is 11.8. The second kappa shape index (κ2) is 17.7. The zero-order valence-corrected chi connectivity index (χ0v) is 26.9. The molecule has 0 saturated heterocycles. The normalized spacial score (nSPS) is 12.2. The Balaban J connectivity index is 1.95. The summed E-state index contributed by atoms with van der Waals surface area (Å²) in [5.74, 6) is 0. The highest BCUT2D eigenvalue weighted by Crippen LogP contribution is 2.32. The van der Waals surface area contributed by atoms with Crippen LogP contribution in [0.3, 0.4) is 0 Å². The molecule has 0 amide bonds. The van der Waals surface area contributed by atoms with E-state index < -0.39 is 0 Å². The molecule has 0 aliphatic carbocycles. The third-order valence-corrected chi connectivity index (χ3v) is 8.31. The van der Waals surface area contributed by atoms with E-state index in [0.29, 0.717) is 0 Å². The van der Waals surface area contributed by atoms with Crippen LogP contribution in [0.2, 0.25) is 0 Å². The number of unbranched alkanes of at least 4 members (excludes halogenated alkanes) is 7. The third kappa shape index (κ3) is 10.4. The van der Waals surface area contributed by atoms with Gasteiger partial charge in [0.25, 0.3) is 0 Å². The van der Waals surface area contributed by atoms with Crippen molar-refractivity contribution in [2.24, 2.45) is 5.11 Å². The molecule has 0 aromatic heterocycles. The van der Waals surface area contributed by atoms with Crippen molar-refractivity contribution < 1.29 is 4.70 Å². The molecule has 0 saturated carbocycles. The SMILES string of the molecule is CCCCCCc1cc(N=[N+](C)C(C)=Cc2cc(CCCC)c(CCCCCC)c(-c3ccccc3)c2)ccc1C. The first-order valence-electron chi connectivity index (χ1n) is 16.4. The molecule has 0 bridgehead atoms. The van der Waals surface area contributed by atoms with Crippen LogP contribution in [0.25, 0.3) is 17.2 Å². The van der Waals surface area contributed by atoms with E-state index in [1.165, 1.54) is 97.6 Å². The molecule has 0 spiro atoms. The Hall–Kier alpha value is -3.00. The minimum atomic E-state index is 1.03. The van der Waals surface area contributed by atoms with E-state index in [1.54, 1.807) is 5.56 Å². The number of azo groups is 2. The number of hydrogen-bond donors (Lipinski definition) is 0. The maximum Gasteiger partial charge on any atom is 0.205 e. The van der Waals surface area contributed by atoms with Gasteiger partial charge in [-0.15, -0.1) is 0 Å². The number of rotatable bonds is 17.